The maximum absolute atomic E-state index is 12.9. The van der Waals surface area contributed by atoms with E-state index in [9.17, 15) is 22.8 Å². The Bertz CT molecular complexity index is 1160. The molecule has 9 heteroatoms. The normalized spacial score (nSPS) is 11.2. The summed E-state index contributed by atoms with van der Waals surface area (Å²) in [7, 11) is 0. The van der Waals surface area contributed by atoms with Crippen molar-refractivity contribution >= 4 is 23.3 Å². The number of alkyl halides is 3. The summed E-state index contributed by atoms with van der Waals surface area (Å²) < 4.78 is 39.6. The summed E-state index contributed by atoms with van der Waals surface area (Å²) in [5.74, 6) is -0.690. The summed E-state index contributed by atoms with van der Waals surface area (Å²) in [5, 5.41) is 10.9. The Morgan fingerprint density at radius 1 is 1.03 bits per heavy atom. The first kappa shape index (κ1) is 21.3. The third kappa shape index (κ3) is 5.15. The molecule has 154 valence electrons. The number of amidine groups is 1. The highest BCUT2D eigenvalue weighted by atomic mass is 35.5. The van der Waals surface area contributed by atoms with Gasteiger partial charge in [0, 0.05) is 28.4 Å². The van der Waals surface area contributed by atoms with Gasteiger partial charge in [-0.3, -0.25) is 15.0 Å². The average molecular weight is 434 g/mol. The Balaban J connectivity index is 1.78. The summed E-state index contributed by atoms with van der Waals surface area (Å²) in [5.41, 5.74) is -0.414. The van der Waals surface area contributed by atoms with Crippen molar-refractivity contribution in [3.05, 3.63) is 104 Å². The number of hydrogen-bond acceptors (Lipinski definition) is 3. The van der Waals surface area contributed by atoms with Crippen LogP contribution in [0.4, 0.5) is 13.2 Å². The van der Waals surface area contributed by atoms with E-state index >= 15 is 0 Å². The fourth-order valence-corrected chi connectivity index (χ4v) is 2.83. The van der Waals surface area contributed by atoms with Crippen LogP contribution >= 0.6 is 11.6 Å². The van der Waals surface area contributed by atoms with E-state index in [0.717, 1.165) is 22.9 Å². The second-order valence-electron chi connectivity index (χ2n) is 6.42. The van der Waals surface area contributed by atoms with Gasteiger partial charge in [0.15, 0.2) is 0 Å². The molecule has 0 aliphatic heterocycles. The number of benzene rings is 2. The molecule has 0 aliphatic carbocycles. The minimum atomic E-state index is -4.57. The van der Waals surface area contributed by atoms with Gasteiger partial charge in [-0.25, -0.2) is 0 Å². The first-order valence-corrected chi connectivity index (χ1v) is 9.04. The molecule has 3 rings (SSSR count). The first-order valence-electron chi connectivity index (χ1n) is 8.66. The highest BCUT2D eigenvalue weighted by molar-refractivity contribution is 6.30. The first-order chi connectivity index (χ1) is 14.1. The molecule has 0 aliphatic rings. The van der Waals surface area contributed by atoms with E-state index in [1.165, 1.54) is 12.1 Å². The van der Waals surface area contributed by atoms with Gasteiger partial charge in [0.2, 0.25) is 0 Å². The lowest BCUT2D eigenvalue weighted by Gasteiger charge is -2.12. The minimum absolute atomic E-state index is 0.129. The molecule has 0 atom stereocenters. The van der Waals surface area contributed by atoms with Crippen LogP contribution in [0.25, 0.3) is 0 Å². The third-order valence-electron chi connectivity index (χ3n) is 4.22. The van der Waals surface area contributed by atoms with E-state index in [1.54, 1.807) is 36.4 Å². The molecule has 0 radical (unpaired) electrons. The number of rotatable bonds is 4. The molecule has 0 bridgehead atoms. The van der Waals surface area contributed by atoms with Crippen molar-refractivity contribution in [2.45, 2.75) is 12.7 Å². The Morgan fingerprint density at radius 2 is 1.73 bits per heavy atom. The van der Waals surface area contributed by atoms with Crippen LogP contribution in [0.3, 0.4) is 0 Å². The maximum Gasteiger partial charge on any atom is 0.417 e. The number of nitrogens with zero attached hydrogens (tertiary/aromatic N) is 1. The van der Waals surface area contributed by atoms with Gasteiger partial charge in [-0.15, -0.1) is 0 Å². The van der Waals surface area contributed by atoms with Crippen molar-refractivity contribution in [2.24, 2.45) is 0 Å². The Labute approximate surface area is 174 Å². The molecule has 1 amide bonds. The predicted octanol–water partition coefficient (Wildman–Crippen LogP) is 4.32. The quantitative estimate of drug-likeness (QED) is 0.475. The van der Waals surface area contributed by atoms with Crippen LogP contribution in [0.1, 0.15) is 27.0 Å². The van der Waals surface area contributed by atoms with Crippen LogP contribution in [-0.4, -0.2) is 16.3 Å². The number of aromatic nitrogens is 1. The van der Waals surface area contributed by atoms with Crippen molar-refractivity contribution in [2.75, 3.05) is 0 Å². The predicted molar refractivity (Wildman–Crippen MR) is 107 cm³/mol. The minimum Gasteiger partial charge on any atom is -0.311 e. The second-order valence-corrected chi connectivity index (χ2v) is 6.85. The molecule has 30 heavy (non-hydrogen) atoms. The molecule has 1 heterocycles. The summed E-state index contributed by atoms with van der Waals surface area (Å²) in [6.45, 7) is -0.140. The fraction of sp³-hybridized carbons (Fsp3) is 0.0952. The molecule has 2 N–H and O–H groups in total. The average Bonchev–Trinajstić information content (AvgIpc) is 2.69. The molecule has 3 aromatic rings. The molecule has 0 fully saturated rings. The summed E-state index contributed by atoms with van der Waals surface area (Å²) in [6.07, 6.45) is -3.83. The van der Waals surface area contributed by atoms with Crippen LogP contribution < -0.4 is 10.9 Å². The van der Waals surface area contributed by atoms with E-state index in [0.29, 0.717) is 16.1 Å². The van der Waals surface area contributed by atoms with E-state index < -0.39 is 23.2 Å². The maximum atomic E-state index is 12.9. The van der Waals surface area contributed by atoms with Gasteiger partial charge in [-0.05, 0) is 48.0 Å². The van der Waals surface area contributed by atoms with Gasteiger partial charge in [-0.1, -0.05) is 23.7 Å². The van der Waals surface area contributed by atoms with Crippen LogP contribution in [0.2, 0.25) is 5.02 Å². The van der Waals surface area contributed by atoms with Gasteiger partial charge in [0.25, 0.3) is 11.5 Å². The summed E-state index contributed by atoms with van der Waals surface area (Å²) >= 11 is 5.80. The lowest BCUT2D eigenvalue weighted by molar-refractivity contribution is -0.138. The zero-order chi connectivity index (χ0) is 21.9. The second kappa shape index (κ2) is 8.54. The number of amides is 1. The standard InChI is InChI=1S/C21H15ClF3N3O2/c22-17-7-4-14(5-8-17)19(26)27-20(30)15-3-1-2-13(10-15)11-28-12-16(21(23,24)25)6-9-18(28)29/h1-10,12H,11H2,(H2,26,27,30). The number of pyridine rings is 1. The molecule has 0 saturated heterocycles. The molecule has 5 nitrogen and oxygen atoms in total. The third-order valence-corrected chi connectivity index (χ3v) is 4.48. The Kier molecular flexibility index (Phi) is 6.07. The number of nitrogens with one attached hydrogen (secondary N) is 2. The van der Waals surface area contributed by atoms with Gasteiger partial charge in [0.05, 0.1) is 12.1 Å². The Hall–Kier alpha value is -3.39. The summed E-state index contributed by atoms with van der Waals surface area (Å²) in [4.78, 5) is 24.4. The fourth-order valence-electron chi connectivity index (χ4n) is 2.70. The number of hydrogen-bond donors (Lipinski definition) is 2. The lowest BCUT2D eigenvalue weighted by Crippen LogP contribution is -2.30. The monoisotopic (exact) mass is 433 g/mol. The molecule has 1 aromatic heterocycles. The van der Waals surface area contributed by atoms with Crippen LogP contribution in [-0.2, 0) is 12.7 Å². The van der Waals surface area contributed by atoms with Crippen LogP contribution in [0.15, 0.2) is 71.7 Å². The van der Waals surface area contributed by atoms with Crippen LogP contribution in [0, 0.1) is 5.41 Å². The van der Waals surface area contributed by atoms with Gasteiger partial charge in [-0.2, -0.15) is 13.2 Å². The lowest BCUT2D eigenvalue weighted by atomic mass is 10.1. The molecule has 0 spiro atoms. The van der Waals surface area contributed by atoms with Crippen LogP contribution in [0.5, 0.6) is 0 Å². The van der Waals surface area contributed by atoms with Gasteiger partial charge in [0.1, 0.15) is 5.84 Å². The van der Waals surface area contributed by atoms with Gasteiger partial charge < -0.3 is 9.88 Å². The van der Waals surface area contributed by atoms with E-state index in [1.807, 2.05) is 0 Å². The smallest absolute Gasteiger partial charge is 0.311 e. The number of carbonyl (C=O) groups is 1. The largest absolute Gasteiger partial charge is 0.417 e. The van der Waals surface area contributed by atoms with Gasteiger partial charge >= 0.3 is 6.18 Å². The zero-order valence-electron chi connectivity index (χ0n) is 15.3. The van der Waals surface area contributed by atoms with E-state index in [4.69, 9.17) is 17.0 Å². The van der Waals surface area contributed by atoms with Crippen molar-refractivity contribution in [3.63, 3.8) is 0 Å². The SMILES string of the molecule is N=C(NC(=O)c1cccc(Cn2cc(C(F)(F)F)ccc2=O)c1)c1ccc(Cl)cc1. The van der Waals surface area contributed by atoms with Crippen molar-refractivity contribution in [1.29, 1.82) is 5.41 Å². The van der Waals surface area contributed by atoms with E-state index in [-0.39, 0.29) is 17.9 Å². The molecule has 0 saturated carbocycles. The van der Waals surface area contributed by atoms with Crippen molar-refractivity contribution in [3.8, 4) is 0 Å². The van der Waals surface area contributed by atoms with E-state index in [2.05, 4.69) is 5.32 Å². The number of halogens is 4. The summed E-state index contributed by atoms with van der Waals surface area (Å²) in [6, 6.07) is 14.0. The Morgan fingerprint density at radius 3 is 2.40 bits per heavy atom. The van der Waals surface area contributed by atoms with Crippen molar-refractivity contribution in [1.82, 2.24) is 9.88 Å². The topological polar surface area (TPSA) is 75.0 Å². The molecule has 2 aromatic carbocycles. The zero-order valence-corrected chi connectivity index (χ0v) is 16.1. The molecular formula is C21H15ClF3N3O2. The highest BCUT2D eigenvalue weighted by Crippen LogP contribution is 2.28. The molecular weight excluding hydrogens is 419 g/mol. The highest BCUT2D eigenvalue weighted by Gasteiger charge is 2.31. The van der Waals surface area contributed by atoms with Crippen molar-refractivity contribution < 1.29 is 18.0 Å². The number of carbonyl (C=O) groups excluding carboxylic acids is 1. The molecule has 0 unspecified atom stereocenters.